The van der Waals surface area contributed by atoms with Gasteiger partial charge in [0, 0.05) is 12.8 Å². The Morgan fingerprint density at radius 3 is 1.24 bits per heavy atom. The van der Waals surface area contributed by atoms with Crippen molar-refractivity contribution in [2.75, 3.05) is 13.2 Å². The summed E-state index contributed by atoms with van der Waals surface area (Å²) in [6.45, 7) is 4.89. The Morgan fingerprint density at radius 2 is 0.797 bits per heavy atom. The number of rotatable bonds is 48. The molecule has 2 unspecified atom stereocenters. The first kappa shape index (κ1) is 57.3. The molecule has 0 radical (unpaired) electrons. The van der Waals surface area contributed by atoms with Crippen LogP contribution in [0.4, 0.5) is 0 Å². The van der Waals surface area contributed by atoms with Crippen molar-refractivity contribution < 1.29 is 24.5 Å². The van der Waals surface area contributed by atoms with Crippen LogP contribution in [0.3, 0.4) is 0 Å². The van der Waals surface area contributed by atoms with Crippen molar-refractivity contribution in [3.8, 4) is 0 Å². The van der Waals surface area contributed by atoms with Crippen LogP contribution in [0.15, 0.2) is 24.3 Å². The largest absolute Gasteiger partial charge is 0.466 e. The molecule has 0 fully saturated rings. The normalized spacial score (nSPS) is 12.8. The lowest BCUT2D eigenvalue weighted by molar-refractivity contribution is -0.143. The van der Waals surface area contributed by atoms with Gasteiger partial charge in [-0.1, -0.05) is 212 Å². The monoisotopic (exact) mass is 832 g/mol. The van der Waals surface area contributed by atoms with Crippen molar-refractivity contribution in [2.24, 2.45) is 0 Å². The third kappa shape index (κ3) is 45.7. The lowest BCUT2D eigenvalue weighted by Gasteiger charge is -2.22. The maximum Gasteiger partial charge on any atom is 0.305 e. The zero-order chi connectivity index (χ0) is 43.0. The molecule has 0 saturated carbocycles. The number of hydrogen-bond acceptors (Lipinski definition) is 5. The number of allylic oxidation sites excluding steroid dienone is 4. The van der Waals surface area contributed by atoms with Crippen molar-refractivity contribution in [3.05, 3.63) is 24.3 Å². The van der Waals surface area contributed by atoms with Gasteiger partial charge in [0.05, 0.1) is 25.4 Å². The molecule has 0 aliphatic rings. The molecule has 59 heavy (non-hydrogen) atoms. The van der Waals surface area contributed by atoms with E-state index in [4.69, 9.17) is 4.74 Å². The molecule has 0 aromatic carbocycles. The van der Waals surface area contributed by atoms with Crippen LogP contribution in [0, 0.1) is 0 Å². The molecule has 0 aliphatic heterocycles. The third-order valence-electron chi connectivity index (χ3n) is 12.0. The van der Waals surface area contributed by atoms with Gasteiger partial charge in [-0.2, -0.15) is 0 Å². The molecule has 0 aromatic rings. The van der Waals surface area contributed by atoms with Crippen molar-refractivity contribution >= 4 is 11.9 Å². The molecule has 0 saturated heterocycles. The highest BCUT2D eigenvalue weighted by molar-refractivity contribution is 5.76. The van der Waals surface area contributed by atoms with E-state index >= 15 is 0 Å². The Bertz CT molecular complexity index is 920. The number of ether oxygens (including phenoxy) is 1. The van der Waals surface area contributed by atoms with Gasteiger partial charge in [-0.25, -0.2) is 0 Å². The number of carbonyl (C=O) groups is 2. The Hall–Kier alpha value is -1.66. The van der Waals surface area contributed by atoms with Gasteiger partial charge >= 0.3 is 5.97 Å². The maximum absolute atomic E-state index is 12.4. The summed E-state index contributed by atoms with van der Waals surface area (Å²) in [5, 5.41) is 23.2. The first-order valence-electron chi connectivity index (χ1n) is 26.1. The Balaban J connectivity index is 3.49. The first-order valence-corrected chi connectivity index (χ1v) is 26.1. The van der Waals surface area contributed by atoms with Gasteiger partial charge < -0.3 is 20.3 Å². The van der Waals surface area contributed by atoms with Crippen molar-refractivity contribution in [2.45, 2.75) is 289 Å². The number of amides is 1. The van der Waals surface area contributed by atoms with Crippen molar-refractivity contribution in [1.82, 2.24) is 5.32 Å². The van der Waals surface area contributed by atoms with Crippen LogP contribution < -0.4 is 5.32 Å². The molecule has 0 spiro atoms. The minimum absolute atomic E-state index is 0.0203. The summed E-state index contributed by atoms with van der Waals surface area (Å²) in [4.78, 5) is 24.4. The minimum atomic E-state index is -0.674. The SMILES string of the molecule is CCCCC/C=C\CCCCCCCC(=O)OCCCCCC/C=C\CCCCCCCCCC(=O)NC(CO)C(O)CCCCCCCCCCCCCCCCC. The van der Waals surface area contributed by atoms with E-state index in [9.17, 15) is 19.8 Å². The predicted molar refractivity (Wildman–Crippen MR) is 255 cm³/mol. The summed E-state index contributed by atoms with van der Waals surface area (Å²) >= 11 is 0. The molecule has 0 rings (SSSR count). The minimum Gasteiger partial charge on any atom is -0.466 e. The highest BCUT2D eigenvalue weighted by atomic mass is 16.5. The zero-order valence-electron chi connectivity index (χ0n) is 39.5. The summed E-state index contributed by atoms with van der Waals surface area (Å²) in [5.74, 6) is -0.0703. The van der Waals surface area contributed by atoms with E-state index in [1.165, 1.54) is 173 Å². The number of unbranched alkanes of at least 4 members (excludes halogenated alkanes) is 33. The van der Waals surface area contributed by atoms with Gasteiger partial charge in [0.25, 0.3) is 0 Å². The number of carbonyl (C=O) groups excluding carboxylic acids is 2. The highest BCUT2D eigenvalue weighted by Gasteiger charge is 2.20. The first-order chi connectivity index (χ1) is 29.0. The molecule has 2 atom stereocenters. The average Bonchev–Trinajstić information content (AvgIpc) is 3.24. The number of hydrogen-bond donors (Lipinski definition) is 3. The van der Waals surface area contributed by atoms with Gasteiger partial charge in [-0.3, -0.25) is 9.59 Å². The van der Waals surface area contributed by atoms with Crippen LogP contribution in [-0.4, -0.2) is 47.4 Å². The summed E-state index contributed by atoms with van der Waals surface area (Å²) in [5.41, 5.74) is 0. The van der Waals surface area contributed by atoms with Gasteiger partial charge in [0.1, 0.15) is 0 Å². The van der Waals surface area contributed by atoms with E-state index in [-0.39, 0.29) is 18.5 Å². The van der Waals surface area contributed by atoms with E-state index in [0.717, 1.165) is 70.6 Å². The molecule has 348 valence electrons. The Kier molecular flexibility index (Phi) is 47.6. The summed E-state index contributed by atoms with van der Waals surface area (Å²) in [6, 6.07) is -0.552. The molecule has 0 bridgehead atoms. The van der Waals surface area contributed by atoms with Gasteiger partial charge in [0.2, 0.25) is 5.91 Å². The van der Waals surface area contributed by atoms with Crippen LogP contribution in [-0.2, 0) is 14.3 Å². The second-order valence-corrected chi connectivity index (χ2v) is 17.8. The molecular formula is C53H101NO5. The highest BCUT2D eigenvalue weighted by Crippen LogP contribution is 2.16. The molecule has 6 nitrogen and oxygen atoms in total. The van der Waals surface area contributed by atoms with Crippen LogP contribution in [0.25, 0.3) is 0 Å². The maximum atomic E-state index is 12.4. The molecular weight excluding hydrogens is 731 g/mol. The quantitative estimate of drug-likeness (QED) is 0.0322. The standard InChI is InChI=1S/C53H101NO5/c1-3-5-7-9-11-13-15-17-19-22-25-29-33-37-41-45-51(56)50(49-55)54-52(57)46-42-38-34-30-26-23-20-18-21-24-28-32-36-40-44-48-59-53(58)47-43-39-35-31-27-16-14-12-10-8-6-4-2/h12,14,21,24,50-51,55-56H,3-11,13,15-20,22-23,25-49H2,1-2H3,(H,54,57)/b14-12-,24-21-. The molecule has 3 N–H and O–H groups in total. The van der Waals surface area contributed by atoms with E-state index in [1.54, 1.807) is 0 Å². The number of esters is 1. The van der Waals surface area contributed by atoms with E-state index in [0.29, 0.717) is 25.9 Å². The summed E-state index contributed by atoms with van der Waals surface area (Å²) in [6.07, 6.45) is 57.2. The van der Waals surface area contributed by atoms with Crippen molar-refractivity contribution in [1.29, 1.82) is 0 Å². The summed E-state index contributed by atoms with van der Waals surface area (Å²) in [7, 11) is 0. The average molecular weight is 832 g/mol. The predicted octanol–water partition coefficient (Wildman–Crippen LogP) is 15.5. The van der Waals surface area contributed by atoms with Gasteiger partial charge in [-0.05, 0) is 77.0 Å². The second kappa shape index (κ2) is 49.0. The number of aliphatic hydroxyl groups excluding tert-OH is 2. The molecule has 6 heteroatoms. The second-order valence-electron chi connectivity index (χ2n) is 17.8. The fraction of sp³-hybridized carbons (Fsp3) is 0.887. The lowest BCUT2D eigenvalue weighted by Crippen LogP contribution is -2.45. The van der Waals surface area contributed by atoms with Crippen LogP contribution in [0.1, 0.15) is 277 Å². The molecule has 0 aromatic heterocycles. The van der Waals surface area contributed by atoms with Gasteiger partial charge in [0.15, 0.2) is 0 Å². The number of aliphatic hydroxyl groups is 2. The Labute approximate surface area is 367 Å². The van der Waals surface area contributed by atoms with E-state index < -0.39 is 12.1 Å². The topological polar surface area (TPSA) is 95.9 Å². The smallest absolute Gasteiger partial charge is 0.305 e. The number of nitrogens with one attached hydrogen (secondary N) is 1. The van der Waals surface area contributed by atoms with E-state index in [2.05, 4.69) is 43.5 Å². The lowest BCUT2D eigenvalue weighted by atomic mass is 10.0. The molecule has 0 heterocycles. The Morgan fingerprint density at radius 1 is 0.458 bits per heavy atom. The van der Waals surface area contributed by atoms with Crippen LogP contribution in [0.5, 0.6) is 0 Å². The fourth-order valence-corrected chi connectivity index (χ4v) is 7.92. The van der Waals surface area contributed by atoms with Crippen LogP contribution in [0.2, 0.25) is 0 Å². The van der Waals surface area contributed by atoms with E-state index in [1.807, 2.05) is 0 Å². The van der Waals surface area contributed by atoms with Gasteiger partial charge in [-0.15, -0.1) is 0 Å². The van der Waals surface area contributed by atoms with Crippen molar-refractivity contribution in [3.63, 3.8) is 0 Å². The van der Waals surface area contributed by atoms with Crippen LogP contribution >= 0.6 is 0 Å². The zero-order valence-corrected chi connectivity index (χ0v) is 39.5. The molecule has 0 aliphatic carbocycles. The third-order valence-corrected chi connectivity index (χ3v) is 12.0. The summed E-state index contributed by atoms with van der Waals surface area (Å²) < 4.78 is 5.44. The molecule has 1 amide bonds. The fourth-order valence-electron chi connectivity index (χ4n) is 7.92.